The molecule has 0 spiro atoms. The van der Waals surface area contributed by atoms with Gasteiger partial charge in [0, 0.05) is 13.1 Å². The number of amides is 2. The predicted octanol–water partition coefficient (Wildman–Crippen LogP) is 2.07. The lowest BCUT2D eigenvalue weighted by Gasteiger charge is -2.26. The number of ether oxygens (including phenoxy) is 1. The van der Waals surface area contributed by atoms with Crippen LogP contribution in [0.15, 0.2) is 34.9 Å². The highest BCUT2D eigenvalue weighted by molar-refractivity contribution is 7.18. The number of anilines is 1. The molecule has 1 aliphatic rings. The van der Waals surface area contributed by atoms with E-state index in [0.717, 1.165) is 0 Å². The zero-order chi connectivity index (χ0) is 14.7. The van der Waals surface area contributed by atoms with Crippen LogP contribution in [-0.2, 0) is 4.74 Å². The van der Waals surface area contributed by atoms with Crippen LogP contribution in [0.2, 0.25) is 0 Å². The molecule has 6 nitrogen and oxygen atoms in total. The normalized spacial score (nSPS) is 15.0. The van der Waals surface area contributed by atoms with Gasteiger partial charge in [-0.05, 0) is 24.3 Å². The van der Waals surface area contributed by atoms with Crippen molar-refractivity contribution in [3.63, 3.8) is 0 Å². The van der Waals surface area contributed by atoms with Crippen molar-refractivity contribution < 1.29 is 18.7 Å². The Morgan fingerprint density at radius 2 is 2.00 bits per heavy atom. The number of furan rings is 1. The number of nitrogens with zero attached hydrogens (tertiary/aromatic N) is 1. The van der Waals surface area contributed by atoms with E-state index in [4.69, 9.17) is 9.15 Å². The summed E-state index contributed by atoms with van der Waals surface area (Å²) in [5, 5.41) is 3.33. The van der Waals surface area contributed by atoms with Gasteiger partial charge in [-0.1, -0.05) is 0 Å². The van der Waals surface area contributed by atoms with E-state index in [0.29, 0.717) is 36.2 Å². The molecule has 0 atom stereocenters. The molecule has 2 amide bonds. The van der Waals surface area contributed by atoms with Gasteiger partial charge in [-0.3, -0.25) is 9.59 Å². The van der Waals surface area contributed by atoms with Gasteiger partial charge in [0.1, 0.15) is 0 Å². The van der Waals surface area contributed by atoms with E-state index in [2.05, 4.69) is 5.32 Å². The molecule has 1 fully saturated rings. The van der Waals surface area contributed by atoms with Crippen molar-refractivity contribution in [1.29, 1.82) is 0 Å². The number of hydrogen-bond donors (Lipinski definition) is 1. The second-order valence-electron chi connectivity index (χ2n) is 4.50. The first-order chi connectivity index (χ1) is 10.2. The molecule has 2 aromatic rings. The molecule has 21 heavy (non-hydrogen) atoms. The smallest absolute Gasteiger partial charge is 0.291 e. The van der Waals surface area contributed by atoms with Gasteiger partial charge in [-0.15, -0.1) is 11.3 Å². The molecule has 2 aromatic heterocycles. The highest BCUT2D eigenvalue weighted by Crippen LogP contribution is 2.24. The van der Waals surface area contributed by atoms with E-state index < -0.39 is 0 Å². The molecule has 110 valence electrons. The molecule has 0 radical (unpaired) electrons. The van der Waals surface area contributed by atoms with Crippen molar-refractivity contribution in [2.45, 2.75) is 0 Å². The Labute approximate surface area is 125 Å². The van der Waals surface area contributed by atoms with E-state index in [9.17, 15) is 9.59 Å². The summed E-state index contributed by atoms with van der Waals surface area (Å²) in [5.74, 6) is -0.113. The Kier molecular flexibility index (Phi) is 4.03. The zero-order valence-electron chi connectivity index (χ0n) is 11.2. The summed E-state index contributed by atoms with van der Waals surface area (Å²) in [5.41, 5.74) is 0. The molecule has 1 aliphatic heterocycles. The second kappa shape index (κ2) is 6.11. The summed E-state index contributed by atoms with van der Waals surface area (Å²) >= 11 is 1.25. The van der Waals surface area contributed by atoms with Gasteiger partial charge in [-0.25, -0.2) is 0 Å². The average Bonchev–Trinajstić information content (AvgIpc) is 3.19. The van der Waals surface area contributed by atoms with Gasteiger partial charge in [-0.2, -0.15) is 0 Å². The molecule has 0 aromatic carbocycles. The molecule has 7 heteroatoms. The summed E-state index contributed by atoms with van der Waals surface area (Å²) in [6, 6.07) is 6.68. The van der Waals surface area contributed by atoms with E-state index >= 15 is 0 Å². The fraction of sp³-hybridized carbons (Fsp3) is 0.286. The van der Waals surface area contributed by atoms with Crippen LogP contribution in [0.4, 0.5) is 5.00 Å². The van der Waals surface area contributed by atoms with Crippen molar-refractivity contribution in [3.05, 3.63) is 41.2 Å². The largest absolute Gasteiger partial charge is 0.459 e. The van der Waals surface area contributed by atoms with Crippen LogP contribution in [0.25, 0.3) is 0 Å². The van der Waals surface area contributed by atoms with Crippen LogP contribution in [0.1, 0.15) is 20.2 Å². The van der Waals surface area contributed by atoms with E-state index in [1.165, 1.54) is 17.6 Å². The van der Waals surface area contributed by atoms with E-state index in [-0.39, 0.29) is 17.6 Å². The molecule has 1 N–H and O–H groups in total. The number of carbonyl (C=O) groups is 2. The Balaban J connectivity index is 1.65. The second-order valence-corrected chi connectivity index (χ2v) is 5.58. The molecule has 3 heterocycles. The Bertz CT molecular complexity index is 629. The van der Waals surface area contributed by atoms with Crippen molar-refractivity contribution in [2.24, 2.45) is 0 Å². The molecule has 0 unspecified atom stereocenters. The number of carbonyl (C=O) groups excluding carboxylic acids is 2. The maximum absolute atomic E-state index is 12.3. The van der Waals surface area contributed by atoms with Crippen LogP contribution in [-0.4, -0.2) is 43.0 Å². The van der Waals surface area contributed by atoms with Crippen LogP contribution >= 0.6 is 11.3 Å². The van der Waals surface area contributed by atoms with Gasteiger partial charge in [0.2, 0.25) is 0 Å². The van der Waals surface area contributed by atoms with Gasteiger partial charge in [0.05, 0.1) is 29.4 Å². The average molecular weight is 306 g/mol. The molecule has 0 saturated carbocycles. The Morgan fingerprint density at radius 3 is 2.71 bits per heavy atom. The maximum Gasteiger partial charge on any atom is 0.291 e. The lowest BCUT2D eigenvalue weighted by molar-refractivity contribution is 0.0306. The number of thiophene rings is 1. The maximum atomic E-state index is 12.3. The third-order valence-corrected chi connectivity index (χ3v) is 4.09. The minimum Gasteiger partial charge on any atom is -0.459 e. The van der Waals surface area contributed by atoms with Crippen molar-refractivity contribution in [1.82, 2.24) is 4.90 Å². The topological polar surface area (TPSA) is 71.8 Å². The van der Waals surface area contributed by atoms with Crippen LogP contribution in [0.3, 0.4) is 0 Å². The fourth-order valence-corrected chi connectivity index (χ4v) is 2.89. The first kappa shape index (κ1) is 13.8. The standard InChI is InChI=1S/C14H14N2O4S/c17-13(10-2-1-7-20-10)15-12-4-3-11(21-12)14(18)16-5-8-19-9-6-16/h1-4,7H,5-6,8-9H2,(H,15,17). The molecular formula is C14H14N2O4S. The summed E-state index contributed by atoms with van der Waals surface area (Å²) in [7, 11) is 0. The van der Waals surface area contributed by atoms with Gasteiger partial charge < -0.3 is 19.4 Å². The quantitative estimate of drug-likeness (QED) is 0.942. The summed E-state index contributed by atoms with van der Waals surface area (Å²) in [4.78, 5) is 26.5. The van der Waals surface area contributed by atoms with E-state index in [1.807, 2.05) is 0 Å². The van der Waals surface area contributed by atoms with Gasteiger partial charge in [0.25, 0.3) is 11.8 Å². The highest BCUT2D eigenvalue weighted by Gasteiger charge is 2.20. The fourth-order valence-electron chi connectivity index (χ4n) is 2.02. The predicted molar refractivity (Wildman–Crippen MR) is 77.7 cm³/mol. The monoisotopic (exact) mass is 306 g/mol. The number of rotatable bonds is 3. The Morgan fingerprint density at radius 1 is 1.19 bits per heavy atom. The molecule has 3 rings (SSSR count). The van der Waals surface area contributed by atoms with Crippen LogP contribution in [0, 0.1) is 0 Å². The van der Waals surface area contributed by atoms with Gasteiger partial charge >= 0.3 is 0 Å². The number of hydrogen-bond acceptors (Lipinski definition) is 5. The van der Waals surface area contributed by atoms with E-state index in [1.54, 1.807) is 29.2 Å². The third-order valence-electron chi connectivity index (χ3n) is 3.10. The highest BCUT2D eigenvalue weighted by atomic mass is 32.1. The van der Waals surface area contributed by atoms with Gasteiger partial charge in [0.15, 0.2) is 5.76 Å². The summed E-state index contributed by atoms with van der Waals surface area (Å²) in [6.07, 6.45) is 1.44. The lowest BCUT2D eigenvalue weighted by atomic mass is 10.3. The minimum atomic E-state index is -0.327. The first-order valence-electron chi connectivity index (χ1n) is 6.56. The van der Waals surface area contributed by atoms with Crippen LogP contribution < -0.4 is 5.32 Å². The molecule has 0 aliphatic carbocycles. The number of morpholine rings is 1. The third kappa shape index (κ3) is 3.14. The number of nitrogens with one attached hydrogen (secondary N) is 1. The molecule has 1 saturated heterocycles. The molecule has 0 bridgehead atoms. The Hall–Kier alpha value is -2.12. The van der Waals surface area contributed by atoms with Crippen molar-refractivity contribution >= 4 is 28.2 Å². The van der Waals surface area contributed by atoms with Crippen molar-refractivity contribution in [2.75, 3.05) is 31.6 Å². The lowest BCUT2D eigenvalue weighted by Crippen LogP contribution is -2.40. The van der Waals surface area contributed by atoms with Crippen LogP contribution in [0.5, 0.6) is 0 Å². The SMILES string of the molecule is O=C(Nc1ccc(C(=O)N2CCOCC2)s1)c1ccco1. The molecular weight excluding hydrogens is 292 g/mol. The summed E-state index contributed by atoms with van der Waals surface area (Å²) in [6.45, 7) is 2.34. The first-order valence-corrected chi connectivity index (χ1v) is 7.37. The zero-order valence-corrected chi connectivity index (χ0v) is 12.0. The van der Waals surface area contributed by atoms with Crippen molar-refractivity contribution in [3.8, 4) is 0 Å². The summed E-state index contributed by atoms with van der Waals surface area (Å²) < 4.78 is 10.2. The minimum absolute atomic E-state index is 0.0261.